The number of anilines is 1. The Balaban J connectivity index is 1.12. The SMILES string of the molecule is O=C1CCCc2c1ccn2CCCCN1CCN(c2ccc(Cl)c3ccccc23)CC1. The number of carbonyl (C=O) groups excluding carboxylic acids is 1. The summed E-state index contributed by atoms with van der Waals surface area (Å²) in [6.45, 7) is 6.49. The van der Waals surface area contributed by atoms with Crippen LogP contribution in [0.1, 0.15) is 41.7 Å². The smallest absolute Gasteiger partial charge is 0.164 e. The van der Waals surface area contributed by atoms with Gasteiger partial charge in [-0.2, -0.15) is 0 Å². The van der Waals surface area contributed by atoms with Gasteiger partial charge >= 0.3 is 0 Å². The van der Waals surface area contributed by atoms with Gasteiger partial charge in [0.15, 0.2) is 5.78 Å². The number of hydrogen-bond acceptors (Lipinski definition) is 3. The predicted molar refractivity (Wildman–Crippen MR) is 129 cm³/mol. The molecule has 1 saturated heterocycles. The van der Waals surface area contributed by atoms with Gasteiger partial charge in [0.2, 0.25) is 0 Å². The van der Waals surface area contributed by atoms with Crippen LogP contribution in [0.2, 0.25) is 5.02 Å². The summed E-state index contributed by atoms with van der Waals surface area (Å²) in [5.41, 5.74) is 3.53. The summed E-state index contributed by atoms with van der Waals surface area (Å²) in [5.74, 6) is 0.325. The van der Waals surface area contributed by atoms with Gasteiger partial charge in [0.05, 0.1) is 0 Å². The van der Waals surface area contributed by atoms with E-state index >= 15 is 0 Å². The normalized spacial score (nSPS) is 17.3. The molecule has 0 atom stereocenters. The lowest BCUT2D eigenvalue weighted by Crippen LogP contribution is -2.46. The summed E-state index contributed by atoms with van der Waals surface area (Å²) >= 11 is 6.40. The zero-order chi connectivity index (χ0) is 21.2. The molecule has 5 rings (SSSR count). The molecule has 3 aromatic rings. The average molecular weight is 436 g/mol. The summed E-state index contributed by atoms with van der Waals surface area (Å²) in [7, 11) is 0. The molecule has 0 N–H and O–H groups in total. The van der Waals surface area contributed by atoms with Crippen LogP contribution < -0.4 is 4.90 Å². The third-order valence-electron chi connectivity index (χ3n) is 6.88. The van der Waals surface area contributed by atoms with Crippen molar-refractivity contribution in [2.75, 3.05) is 37.6 Å². The number of aromatic nitrogens is 1. The molecule has 1 aliphatic heterocycles. The van der Waals surface area contributed by atoms with E-state index in [1.807, 2.05) is 12.1 Å². The van der Waals surface area contributed by atoms with Crippen LogP contribution in [0.3, 0.4) is 0 Å². The largest absolute Gasteiger partial charge is 0.368 e. The first kappa shape index (κ1) is 20.6. The number of benzene rings is 2. The monoisotopic (exact) mass is 435 g/mol. The van der Waals surface area contributed by atoms with Crippen LogP contribution in [-0.4, -0.2) is 48.0 Å². The van der Waals surface area contributed by atoms with Gasteiger partial charge in [-0.15, -0.1) is 0 Å². The van der Waals surface area contributed by atoms with Crippen molar-refractivity contribution < 1.29 is 4.79 Å². The lowest BCUT2D eigenvalue weighted by molar-refractivity contribution is 0.0971. The molecule has 4 nitrogen and oxygen atoms in total. The highest BCUT2D eigenvalue weighted by Crippen LogP contribution is 2.32. The third-order valence-corrected chi connectivity index (χ3v) is 7.21. The standard InChI is InChI=1S/C26H30ClN3O/c27-23-10-11-25(21-7-2-1-6-20(21)23)30-18-16-28(17-19-30)13-3-4-14-29-15-12-22-24(29)8-5-9-26(22)31/h1-2,6-7,10-12,15H,3-5,8-9,13-14,16-19H2. The number of nitrogens with zero attached hydrogens (tertiary/aromatic N) is 3. The molecule has 1 fully saturated rings. The van der Waals surface area contributed by atoms with Crippen molar-refractivity contribution in [1.29, 1.82) is 0 Å². The molecule has 0 amide bonds. The van der Waals surface area contributed by atoms with Crippen LogP contribution in [0.5, 0.6) is 0 Å². The molecule has 2 heterocycles. The van der Waals surface area contributed by atoms with E-state index in [0.29, 0.717) is 5.78 Å². The van der Waals surface area contributed by atoms with Crippen molar-refractivity contribution >= 4 is 33.8 Å². The minimum Gasteiger partial charge on any atom is -0.368 e. The second-order valence-electron chi connectivity index (χ2n) is 8.79. The summed E-state index contributed by atoms with van der Waals surface area (Å²) in [6.07, 6.45) is 7.25. The molecule has 162 valence electrons. The second kappa shape index (κ2) is 9.05. The topological polar surface area (TPSA) is 28.5 Å². The molecule has 2 aliphatic rings. The number of carbonyl (C=O) groups is 1. The number of fused-ring (bicyclic) bond motifs is 2. The van der Waals surface area contributed by atoms with E-state index in [-0.39, 0.29) is 0 Å². The van der Waals surface area contributed by atoms with Gasteiger partial charge in [0.25, 0.3) is 0 Å². The summed E-state index contributed by atoms with van der Waals surface area (Å²) in [6, 6.07) is 14.7. The van der Waals surface area contributed by atoms with Crippen LogP contribution in [0.25, 0.3) is 10.8 Å². The molecule has 0 saturated carbocycles. The van der Waals surface area contributed by atoms with Crippen molar-refractivity contribution in [2.24, 2.45) is 0 Å². The Hall–Kier alpha value is -2.30. The lowest BCUT2D eigenvalue weighted by Gasteiger charge is -2.36. The van der Waals surface area contributed by atoms with Crippen molar-refractivity contribution in [3.8, 4) is 0 Å². The lowest BCUT2D eigenvalue weighted by atomic mass is 9.97. The first-order valence-corrected chi connectivity index (χ1v) is 11.9. The Morgan fingerprint density at radius 1 is 0.839 bits per heavy atom. The van der Waals surface area contributed by atoms with Gasteiger partial charge in [-0.3, -0.25) is 9.69 Å². The predicted octanol–water partition coefficient (Wildman–Crippen LogP) is 5.42. The summed E-state index contributed by atoms with van der Waals surface area (Å²) in [4.78, 5) is 17.1. The number of aryl methyl sites for hydroxylation is 1. The van der Waals surface area contributed by atoms with Crippen LogP contribution in [0.4, 0.5) is 5.69 Å². The Kier molecular flexibility index (Phi) is 6.02. The van der Waals surface area contributed by atoms with Crippen LogP contribution >= 0.6 is 11.6 Å². The molecule has 5 heteroatoms. The molecule has 2 aromatic carbocycles. The zero-order valence-corrected chi connectivity index (χ0v) is 18.8. The van der Waals surface area contributed by atoms with E-state index in [9.17, 15) is 4.79 Å². The Morgan fingerprint density at radius 2 is 1.61 bits per heavy atom. The van der Waals surface area contributed by atoms with Crippen LogP contribution in [-0.2, 0) is 13.0 Å². The molecule has 0 spiro atoms. The van der Waals surface area contributed by atoms with Crippen molar-refractivity contribution in [3.05, 3.63) is 64.9 Å². The van der Waals surface area contributed by atoms with Gasteiger partial charge < -0.3 is 9.47 Å². The fourth-order valence-electron chi connectivity index (χ4n) is 5.15. The van der Waals surface area contributed by atoms with E-state index in [1.165, 1.54) is 23.2 Å². The van der Waals surface area contributed by atoms with Crippen molar-refractivity contribution in [1.82, 2.24) is 9.47 Å². The minimum absolute atomic E-state index is 0.325. The molecule has 0 radical (unpaired) electrons. The van der Waals surface area contributed by atoms with Gasteiger partial charge in [0.1, 0.15) is 0 Å². The highest BCUT2D eigenvalue weighted by atomic mass is 35.5. The quantitative estimate of drug-likeness (QED) is 0.484. The zero-order valence-electron chi connectivity index (χ0n) is 18.0. The number of rotatable bonds is 6. The number of halogens is 1. The van der Waals surface area contributed by atoms with Gasteiger partial charge in [0, 0.05) is 78.1 Å². The number of Topliss-reactive ketones (excluding diaryl/α,β-unsaturated/α-hetero) is 1. The minimum atomic E-state index is 0.325. The molecular formula is C26H30ClN3O. The summed E-state index contributed by atoms with van der Waals surface area (Å²) < 4.78 is 2.32. The second-order valence-corrected chi connectivity index (χ2v) is 9.20. The third kappa shape index (κ3) is 4.24. The number of ketones is 1. The Labute approximate surface area is 189 Å². The van der Waals surface area contributed by atoms with Crippen molar-refractivity contribution in [2.45, 2.75) is 38.6 Å². The van der Waals surface area contributed by atoms with Crippen LogP contribution in [0, 0.1) is 0 Å². The number of hydrogen-bond donors (Lipinski definition) is 0. The molecule has 0 unspecified atom stereocenters. The van der Waals surface area contributed by atoms with Gasteiger partial charge in [-0.25, -0.2) is 0 Å². The maximum Gasteiger partial charge on any atom is 0.164 e. The van der Waals surface area contributed by atoms with Gasteiger partial charge in [-0.1, -0.05) is 35.9 Å². The maximum atomic E-state index is 12.0. The van der Waals surface area contributed by atoms with Gasteiger partial charge in [-0.05, 0) is 50.4 Å². The Bertz CT molecular complexity index is 1080. The molecule has 1 aliphatic carbocycles. The molecular weight excluding hydrogens is 406 g/mol. The maximum absolute atomic E-state index is 12.0. The van der Waals surface area contributed by atoms with E-state index in [4.69, 9.17) is 11.6 Å². The average Bonchev–Trinajstić information content (AvgIpc) is 3.22. The summed E-state index contributed by atoms with van der Waals surface area (Å²) in [5, 5.41) is 3.21. The first-order chi connectivity index (χ1) is 15.2. The molecule has 0 bridgehead atoms. The molecule has 31 heavy (non-hydrogen) atoms. The van der Waals surface area contributed by atoms with E-state index < -0.39 is 0 Å². The van der Waals surface area contributed by atoms with Crippen LogP contribution in [0.15, 0.2) is 48.7 Å². The fraction of sp³-hybridized carbons (Fsp3) is 0.423. The van der Waals surface area contributed by atoms with E-state index in [2.05, 4.69) is 50.9 Å². The highest BCUT2D eigenvalue weighted by Gasteiger charge is 2.21. The number of unbranched alkanes of at least 4 members (excludes halogenated alkanes) is 1. The number of piperazine rings is 1. The Morgan fingerprint density at radius 3 is 2.45 bits per heavy atom. The first-order valence-electron chi connectivity index (χ1n) is 11.6. The van der Waals surface area contributed by atoms with E-state index in [0.717, 1.165) is 80.9 Å². The van der Waals surface area contributed by atoms with Crippen molar-refractivity contribution in [3.63, 3.8) is 0 Å². The van der Waals surface area contributed by atoms with E-state index in [1.54, 1.807) is 0 Å². The fourth-order valence-corrected chi connectivity index (χ4v) is 5.38. The highest BCUT2D eigenvalue weighted by molar-refractivity contribution is 6.36. The molecule has 1 aromatic heterocycles.